The topological polar surface area (TPSA) is 83.9 Å². The van der Waals surface area contributed by atoms with E-state index in [0.717, 1.165) is 19.2 Å². The zero-order valence-corrected chi connectivity index (χ0v) is 17.8. The van der Waals surface area contributed by atoms with Crippen LogP contribution in [0.1, 0.15) is 27.4 Å². The van der Waals surface area contributed by atoms with Crippen LogP contribution in [0.15, 0.2) is 47.8 Å². The molecule has 0 fully saturated rings. The smallest absolute Gasteiger partial charge is 0.416 e. The fourth-order valence-electron chi connectivity index (χ4n) is 3.69. The predicted octanol–water partition coefficient (Wildman–Crippen LogP) is 3.67. The molecule has 0 spiro atoms. The minimum absolute atomic E-state index is 0.0384. The van der Waals surface area contributed by atoms with E-state index in [9.17, 15) is 22.8 Å². The maximum absolute atomic E-state index is 13.4. The summed E-state index contributed by atoms with van der Waals surface area (Å²) in [5.74, 6) is -0.426. The van der Waals surface area contributed by atoms with Gasteiger partial charge in [-0.3, -0.25) is 0 Å². The number of fused-ring (bicyclic) bond motifs is 1. The second-order valence-electron chi connectivity index (χ2n) is 7.21. The number of hydrogen-bond acceptors (Lipinski definition) is 5. The summed E-state index contributed by atoms with van der Waals surface area (Å²) in [6, 6.07) is 8.23. The van der Waals surface area contributed by atoms with Crippen molar-refractivity contribution >= 4 is 22.9 Å². The molecule has 0 aliphatic rings. The number of halogens is 3. The lowest BCUT2D eigenvalue weighted by Crippen LogP contribution is -2.21. The maximum Gasteiger partial charge on any atom is 0.416 e. The third-order valence-corrected chi connectivity index (χ3v) is 5.17. The molecule has 2 aromatic heterocycles. The molecule has 33 heavy (non-hydrogen) atoms. The third kappa shape index (κ3) is 3.60. The molecule has 0 unspecified atom stereocenters. The maximum atomic E-state index is 13.4. The Hall–Kier alpha value is -4.15. The minimum atomic E-state index is -4.68. The molecule has 0 saturated heterocycles. The summed E-state index contributed by atoms with van der Waals surface area (Å²) >= 11 is 0. The Labute approximate surface area is 185 Å². The van der Waals surface area contributed by atoms with Crippen LogP contribution in [0.4, 0.5) is 13.2 Å². The second-order valence-corrected chi connectivity index (χ2v) is 7.21. The van der Waals surface area contributed by atoms with Crippen LogP contribution < -0.4 is 5.69 Å². The Bertz CT molecular complexity index is 1460. The van der Waals surface area contributed by atoms with Gasteiger partial charge in [0, 0.05) is 12.4 Å². The number of alkyl halides is 3. The van der Waals surface area contributed by atoms with Gasteiger partial charge in [-0.25, -0.2) is 23.5 Å². The molecular weight excluding hydrogens is 439 g/mol. The molecule has 2 aromatic carbocycles. The molecule has 0 radical (unpaired) electrons. The monoisotopic (exact) mass is 457 g/mol. The fraction of sp³-hybridized carbons (Fsp3) is 0.182. The molecule has 0 atom stereocenters. The van der Waals surface area contributed by atoms with E-state index in [-0.39, 0.29) is 22.2 Å². The number of aryl methyl sites for hydroxylation is 2. The predicted molar refractivity (Wildman–Crippen MR) is 115 cm³/mol. The highest BCUT2D eigenvalue weighted by Gasteiger charge is 2.33. The van der Waals surface area contributed by atoms with E-state index >= 15 is 0 Å². The Kier molecular flexibility index (Phi) is 5.19. The summed E-state index contributed by atoms with van der Waals surface area (Å²) in [4.78, 5) is 24.6. The first kappa shape index (κ1) is 22.1. The van der Waals surface area contributed by atoms with Crippen molar-refractivity contribution in [2.45, 2.75) is 13.1 Å². The molecule has 0 aliphatic heterocycles. The van der Waals surface area contributed by atoms with Crippen LogP contribution in [0.25, 0.3) is 28.4 Å². The van der Waals surface area contributed by atoms with Gasteiger partial charge in [0.2, 0.25) is 0 Å². The fourth-order valence-corrected chi connectivity index (χ4v) is 3.69. The molecule has 0 amide bonds. The van der Waals surface area contributed by atoms with Crippen molar-refractivity contribution in [1.82, 2.24) is 24.1 Å². The van der Waals surface area contributed by atoms with Gasteiger partial charge in [-0.15, -0.1) is 0 Å². The van der Waals surface area contributed by atoms with E-state index in [1.807, 2.05) is 0 Å². The standard InChI is InChI=1S/C22H18F3N5O3/c1-5-18-19-16(20(31)33-4)10-13(22(23,24)25)11-17(19)27-30(18)15-8-6-14(7-9-15)29-12(2)26-28(3)21(29)32/h5-11H,1H2,2-4H3. The van der Waals surface area contributed by atoms with Gasteiger partial charge in [-0.2, -0.15) is 23.4 Å². The van der Waals surface area contributed by atoms with Crippen molar-refractivity contribution in [3.8, 4) is 11.4 Å². The first-order valence-electron chi connectivity index (χ1n) is 9.65. The van der Waals surface area contributed by atoms with Crippen molar-refractivity contribution in [2.24, 2.45) is 7.05 Å². The van der Waals surface area contributed by atoms with E-state index in [4.69, 9.17) is 4.74 Å². The molecule has 4 rings (SSSR count). The number of nitrogens with zero attached hydrogens (tertiary/aromatic N) is 5. The molecule has 4 aromatic rings. The molecule has 0 bridgehead atoms. The van der Waals surface area contributed by atoms with E-state index in [1.165, 1.54) is 20.0 Å². The zero-order valence-electron chi connectivity index (χ0n) is 17.8. The summed E-state index contributed by atoms with van der Waals surface area (Å²) in [7, 11) is 2.63. The number of benzene rings is 2. The van der Waals surface area contributed by atoms with E-state index < -0.39 is 17.7 Å². The van der Waals surface area contributed by atoms with Gasteiger partial charge in [-0.05, 0) is 49.4 Å². The zero-order chi connectivity index (χ0) is 24.1. The first-order chi connectivity index (χ1) is 15.6. The number of ether oxygens (including phenoxy) is 1. The summed E-state index contributed by atoms with van der Waals surface area (Å²) in [5.41, 5.74) is -0.274. The lowest BCUT2D eigenvalue weighted by molar-refractivity contribution is -0.137. The van der Waals surface area contributed by atoms with Crippen LogP contribution in [0, 0.1) is 6.92 Å². The molecule has 0 saturated carbocycles. The number of esters is 1. The van der Waals surface area contributed by atoms with Crippen LogP contribution in [-0.4, -0.2) is 37.2 Å². The number of rotatable bonds is 4. The molecule has 0 N–H and O–H groups in total. The highest BCUT2D eigenvalue weighted by Crippen LogP contribution is 2.35. The van der Waals surface area contributed by atoms with Gasteiger partial charge in [0.05, 0.1) is 40.8 Å². The van der Waals surface area contributed by atoms with Gasteiger partial charge < -0.3 is 4.74 Å². The molecule has 11 heteroatoms. The normalized spacial score (nSPS) is 11.7. The summed E-state index contributed by atoms with van der Waals surface area (Å²) in [6.45, 7) is 5.43. The summed E-state index contributed by atoms with van der Waals surface area (Å²) in [5, 5.41) is 8.57. The number of carbonyl (C=O) groups excluding carboxylic acids is 1. The van der Waals surface area contributed by atoms with Gasteiger partial charge in [0.1, 0.15) is 5.82 Å². The van der Waals surface area contributed by atoms with Gasteiger partial charge >= 0.3 is 17.8 Å². The van der Waals surface area contributed by atoms with Crippen LogP contribution in [0.3, 0.4) is 0 Å². The van der Waals surface area contributed by atoms with E-state index in [0.29, 0.717) is 22.9 Å². The number of carbonyl (C=O) groups is 1. The third-order valence-electron chi connectivity index (χ3n) is 5.17. The van der Waals surface area contributed by atoms with Gasteiger partial charge in [-0.1, -0.05) is 6.58 Å². The summed E-state index contributed by atoms with van der Waals surface area (Å²) in [6.07, 6.45) is -3.27. The van der Waals surface area contributed by atoms with Crippen molar-refractivity contribution in [3.63, 3.8) is 0 Å². The average molecular weight is 457 g/mol. The highest BCUT2D eigenvalue weighted by molar-refractivity contribution is 6.07. The van der Waals surface area contributed by atoms with Crippen molar-refractivity contribution in [2.75, 3.05) is 7.11 Å². The quantitative estimate of drug-likeness (QED) is 0.437. The van der Waals surface area contributed by atoms with Gasteiger partial charge in [0.25, 0.3) is 0 Å². The van der Waals surface area contributed by atoms with Crippen LogP contribution in [0.2, 0.25) is 0 Å². The molecule has 0 aliphatic carbocycles. The van der Waals surface area contributed by atoms with Crippen molar-refractivity contribution < 1.29 is 22.7 Å². The first-order valence-corrected chi connectivity index (χ1v) is 9.65. The Balaban J connectivity index is 1.92. The Morgan fingerprint density at radius 3 is 2.27 bits per heavy atom. The number of methoxy groups -OCH3 is 1. The molecule has 8 nitrogen and oxygen atoms in total. The van der Waals surface area contributed by atoms with Crippen LogP contribution in [-0.2, 0) is 18.0 Å². The van der Waals surface area contributed by atoms with E-state index in [2.05, 4.69) is 16.8 Å². The average Bonchev–Trinajstić information content (AvgIpc) is 3.28. The lowest BCUT2D eigenvalue weighted by atomic mass is 10.0. The molecule has 2 heterocycles. The Morgan fingerprint density at radius 2 is 1.76 bits per heavy atom. The Morgan fingerprint density at radius 1 is 1.12 bits per heavy atom. The largest absolute Gasteiger partial charge is 0.465 e. The number of hydrogen-bond donors (Lipinski definition) is 0. The second kappa shape index (κ2) is 7.76. The SMILES string of the molecule is C=Cc1c2c(C(=O)OC)cc(C(F)(F)F)cc2nn1-c1ccc(-n2c(C)nn(C)c2=O)cc1. The van der Waals surface area contributed by atoms with Gasteiger partial charge in [0.15, 0.2) is 0 Å². The van der Waals surface area contributed by atoms with Crippen molar-refractivity contribution in [3.05, 3.63) is 76.1 Å². The summed E-state index contributed by atoms with van der Waals surface area (Å²) < 4.78 is 48.9. The minimum Gasteiger partial charge on any atom is -0.465 e. The molecule has 170 valence electrons. The van der Waals surface area contributed by atoms with E-state index in [1.54, 1.807) is 38.2 Å². The van der Waals surface area contributed by atoms with Crippen molar-refractivity contribution in [1.29, 1.82) is 0 Å². The number of aromatic nitrogens is 5. The molecular formula is C22H18F3N5O3. The lowest BCUT2D eigenvalue weighted by Gasteiger charge is -2.09. The van der Waals surface area contributed by atoms with Crippen LogP contribution >= 0.6 is 0 Å². The van der Waals surface area contributed by atoms with Crippen LogP contribution in [0.5, 0.6) is 0 Å². The highest BCUT2D eigenvalue weighted by atomic mass is 19.4.